The van der Waals surface area contributed by atoms with Gasteiger partial charge in [-0.1, -0.05) is 0 Å². The molecule has 1 heterocycles. The Balaban J connectivity index is 2.59. The molecule has 1 aliphatic rings. The summed E-state index contributed by atoms with van der Waals surface area (Å²) in [6.45, 7) is 5.52. The first kappa shape index (κ1) is 13.2. The minimum atomic E-state index is -0.595. The van der Waals surface area contributed by atoms with Crippen molar-refractivity contribution in [1.82, 2.24) is 0 Å². The van der Waals surface area contributed by atoms with Crippen LogP contribution in [0, 0.1) is 11.8 Å². The smallest absolute Gasteiger partial charge is 0.165 e. The van der Waals surface area contributed by atoms with E-state index < -0.39 is 5.60 Å². The van der Waals surface area contributed by atoms with E-state index in [-0.39, 0.29) is 5.78 Å². The highest BCUT2D eigenvalue weighted by atomic mass is 16.5. The molecule has 0 atom stereocenters. The molecular formula is C13H20O3. The SMILES string of the molecule is CC#CCCC(=O)C1(OCC)CCOCC1. The van der Waals surface area contributed by atoms with Gasteiger partial charge in [-0.3, -0.25) is 4.79 Å². The van der Waals surface area contributed by atoms with Crippen molar-refractivity contribution in [3.8, 4) is 11.8 Å². The van der Waals surface area contributed by atoms with Gasteiger partial charge < -0.3 is 9.47 Å². The molecule has 0 saturated carbocycles. The number of rotatable bonds is 5. The zero-order chi connectivity index (χ0) is 11.9. The van der Waals surface area contributed by atoms with Crippen LogP contribution in [0.4, 0.5) is 0 Å². The number of ketones is 1. The van der Waals surface area contributed by atoms with Gasteiger partial charge in [0.2, 0.25) is 0 Å². The molecule has 16 heavy (non-hydrogen) atoms. The number of ether oxygens (including phenoxy) is 2. The minimum absolute atomic E-state index is 0.181. The first-order valence-electron chi connectivity index (χ1n) is 5.90. The van der Waals surface area contributed by atoms with Gasteiger partial charge in [-0.05, 0) is 13.8 Å². The Kier molecular flexibility index (Phi) is 5.51. The quantitative estimate of drug-likeness (QED) is 0.669. The monoisotopic (exact) mass is 224 g/mol. The van der Waals surface area contributed by atoms with Gasteiger partial charge >= 0.3 is 0 Å². The standard InChI is InChI=1S/C13H20O3/c1-3-5-6-7-12(14)13(16-4-2)8-10-15-11-9-13/h4,6-11H2,1-2H3. The van der Waals surface area contributed by atoms with Crippen LogP contribution in [0.3, 0.4) is 0 Å². The molecule has 0 aliphatic carbocycles. The molecule has 0 N–H and O–H groups in total. The largest absolute Gasteiger partial charge is 0.381 e. The maximum atomic E-state index is 12.1. The van der Waals surface area contributed by atoms with Gasteiger partial charge in [0.05, 0.1) is 0 Å². The van der Waals surface area contributed by atoms with Crippen molar-refractivity contribution in [2.24, 2.45) is 0 Å². The first-order valence-corrected chi connectivity index (χ1v) is 5.90. The van der Waals surface area contributed by atoms with Gasteiger partial charge in [-0.25, -0.2) is 0 Å². The molecule has 1 fully saturated rings. The van der Waals surface area contributed by atoms with Crippen LogP contribution < -0.4 is 0 Å². The summed E-state index contributed by atoms with van der Waals surface area (Å²) in [7, 11) is 0. The van der Waals surface area contributed by atoms with Crippen LogP contribution in [0.2, 0.25) is 0 Å². The Morgan fingerprint density at radius 1 is 1.44 bits per heavy atom. The van der Waals surface area contributed by atoms with E-state index in [0.717, 1.165) is 0 Å². The van der Waals surface area contributed by atoms with Crippen molar-refractivity contribution < 1.29 is 14.3 Å². The molecule has 3 nitrogen and oxygen atoms in total. The van der Waals surface area contributed by atoms with Crippen LogP contribution in [0.5, 0.6) is 0 Å². The summed E-state index contributed by atoms with van der Waals surface area (Å²) >= 11 is 0. The molecule has 0 aromatic carbocycles. The van der Waals surface area contributed by atoms with Crippen molar-refractivity contribution in [2.75, 3.05) is 19.8 Å². The lowest BCUT2D eigenvalue weighted by atomic mass is 9.87. The Morgan fingerprint density at radius 2 is 2.12 bits per heavy atom. The van der Waals surface area contributed by atoms with Crippen LogP contribution in [-0.2, 0) is 14.3 Å². The second-order valence-electron chi connectivity index (χ2n) is 3.89. The highest BCUT2D eigenvalue weighted by molar-refractivity contribution is 5.87. The van der Waals surface area contributed by atoms with E-state index in [0.29, 0.717) is 45.5 Å². The predicted octanol–water partition coefficient (Wildman–Crippen LogP) is 1.94. The van der Waals surface area contributed by atoms with E-state index >= 15 is 0 Å². The van der Waals surface area contributed by atoms with Gasteiger partial charge in [0.15, 0.2) is 5.78 Å². The molecule has 1 rings (SSSR count). The highest BCUT2D eigenvalue weighted by Crippen LogP contribution is 2.27. The van der Waals surface area contributed by atoms with E-state index in [1.165, 1.54) is 0 Å². The van der Waals surface area contributed by atoms with Crippen LogP contribution in [0.1, 0.15) is 39.5 Å². The zero-order valence-corrected chi connectivity index (χ0v) is 10.2. The Bertz CT molecular complexity index is 274. The van der Waals surface area contributed by atoms with Crippen molar-refractivity contribution in [3.05, 3.63) is 0 Å². The average Bonchev–Trinajstić information content (AvgIpc) is 2.31. The fraction of sp³-hybridized carbons (Fsp3) is 0.769. The Morgan fingerprint density at radius 3 is 2.69 bits per heavy atom. The third-order valence-corrected chi connectivity index (χ3v) is 2.88. The maximum absolute atomic E-state index is 12.1. The molecule has 0 radical (unpaired) electrons. The summed E-state index contributed by atoms with van der Waals surface area (Å²) in [5, 5.41) is 0. The van der Waals surface area contributed by atoms with Crippen molar-refractivity contribution in [1.29, 1.82) is 0 Å². The maximum Gasteiger partial charge on any atom is 0.165 e. The van der Waals surface area contributed by atoms with E-state index in [4.69, 9.17) is 9.47 Å². The van der Waals surface area contributed by atoms with E-state index in [1.807, 2.05) is 6.92 Å². The normalized spacial score (nSPS) is 18.6. The second kappa shape index (κ2) is 6.67. The van der Waals surface area contributed by atoms with Gasteiger partial charge in [-0.15, -0.1) is 11.8 Å². The number of carbonyl (C=O) groups is 1. The zero-order valence-electron chi connectivity index (χ0n) is 10.2. The fourth-order valence-electron chi connectivity index (χ4n) is 2.01. The molecule has 0 aromatic rings. The van der Waals surface area contributed by atoms with Gasteiger partial charge in [0.1, 0.15) is 5.60 Å². The van der Waals surface area contributed by atoms with E-state index in [9.17, 15) is 4.79 Å². The van der Waals surface area contributed by atoms with Crippen LogP contribution in [0.15, 0.2) is 0 Å². The summed E-state index contributed by atoms with van der Waals surface area (Å²) in [5.41, 5.74) is -0.595. The molecule has 90 valence electrons. The molecule has 3 heteroatoms. The summed E-state index contributed by atoms with van der Waals surface area (Å²) in [6.07, 6.45) is 2.48. The second-order valence-corrected chi connectivity index (χ2v) is 3.89. The number of Topliss-reactive ketones (excluding diaryl/α,β-unsaturated/α-hetero) is 1. The van der Waals surface area contributed by atoms with E-state index in [2.05, 4.69) is 11.8 Å². The highest BCUT2D eigenvalue weighted by Gasteiger charge is 2.39. The lowest BCUT2D eigenvalue weighted by Crippen LogP contribution is -2.46. The molecule has 1 aliphatic heterocycles. The summed E-state index contributed by atoms with van der Waals surface area (Å²) in [5.74, 6) is 5.90. The first-order chi connectivity index (χ1) is 7.75. The van der Waals surface area contributed by atoms with Crippen molar-refractivity contribution >= 4 is 5.78 Å². The Labute approximate surface area is 97.5 Å². The number of carbonyl (C=O) groups excluding carboxylic acids is 1. The summed E-state index contributed by atoms with van der Waals surface area (Å²) < 4.78 is 11.0. The predicted molar refractivity (Wildman–Crippen MR) is 62.1 cm³/mol. The van der Waals surface area contributed by atoms with Gasteiger partial charge in [-0.2, -0.15) is 0 Å². The lowest BCUT2D eigenvalue weighted by molar-refractivity contribution is -0.157. The number of hydrogen-bond acceptors (Lipinski definition) is 3. The minimum Gasteiger partial charge on any atom is -0.381 e. The average molecular weight is 224 g/mol. The number of hydrogen-bond donors (Lipinski definition) is 0. The van der Waals surface area contributed by atoms with Gasteiger partial charge in [0, 0.05) is 45.5 Å². The van der Waals surface area contributed by atoms with Gasteiger partial charge in [0.25, 0.3) is 0 Å². The van der Waals surface area contributed by atoms with Crippen LogP contribution in [-0.4, -0.2) is 31.2 Å². The van der Waals surface area contributed by atoms with Crippen molar-refractivity contribution in [2.45, 2.75) is 45.1 Å². The van der Waals surface area contributed by atoms with E-state index in [1.54, 1.807) is 6.92 Å². The van der Waals surface area contributed by atoms with Crippen LogP contribution >= 0.6 is 0 Å². The topological polar surface area (TPSA) is 35.5 Å². The lowest BCUT2D eigenvalue weighted by Gasteiger charge is -2.35. The fourth-order valence-corrected chi connectivity index (χ4v) is 2.01. The Hall–Kier alpha value is -0.850. The van der Waals surface area contributed by atoms with Crippen LogP contribution in [0.25, 0.3) is 0 Å². The molecular weight excluding hydrogens is 204 g/mol. The molecule has 0 aromatic heterocycles. The molecule has 0 spiro atoms. The molecule has 0 bridgehead atoms. The van der Waals surface area contributed by atoms with Crippen molar-refractivity contribution in [3.63, 3.8) is 0 Å². The molecule has 1 saturated heterocycles. The summed E-state index contributed by atoms with van der Waals surface area (Å²) in [4.78, 5) is 12.1. The molecule has 0 amide bonds. The third kappa shape index (κ3) is 3.33. The molecule has 0 unspecified atom stereocenters. The summed E-state index contributed by atoms with van der Waals surface area (Å²) in [6, 6.07) is 0. The third-order valence-electron chi connectivity index (χ3n) is 2.88.